The molecule has 0 unspecified atom stereocenters. The van der Waals surface area contributed by atoms with Crippen molar-refractivity contribution in [3.05, 3.63) is 34.8 Å². The Morgan fingerprint density at radius 1 is 1.35 bits per heavy atom. The van der Waals surface area contributed by atoms with E-state index in [1.165, 1.54) is 4.88 Å². The summed E-state index contributed by atoms with van der Waals surface area (Å²) in [5, 5.41) is 9.24. The second kappa shape index (κ2) is 7.61. The van der Waals surface area contributed by atoms with Crippen molar-refractivity contribution in [2.24, 2.45) is 0 Å². The van der Waals surface area contributed by atoms with Crippen LogP contribution in [0, 0.1) is 0 Å². The maximum Gasteiger partial charge on any atom is 0.321 e. The molecule has 7 heteroatoms. The molecule has 0 saturated carbocycles. The van der Waals surface area contributed by atoms with Gasteiger partial charge in [0.25, 0.3) is 0 Å². The summed E-state index contributed by atoms with van der Waals surface area (Å²) in [4.78, 5) is 18.1. The van der Waals surface area contributed by atoms with Gasteiger partial charge in [0.05, 0.1) is 11.9 Å². The van der Waals surface area contributed by atoms with Gasteiger partial charge in [-0.2, -0.15) is 5.10 Å². The summed E-state index contributed by atoms with van der Waals surface area (Å²) in [5.74, 6) is 0. The maximum atomic E-state index is 12.4. The van der Waals surface area contributed by atoms with Crippen LogP contribution in [0.15, 0.2) is 29.9 Å². The van der Waals surface area contributed by atoms with Gasteiger partial charge in [-0.15, -0.1) is 11.3 Å². The number of aryl methyl sites for hydroxylation is 1. The zero-order chi connectivity index (χ0) is 16.1. The number of rotatable bonds is 4. The van der Waals surface area contributed by atoms with Gasteiger partial charge in [0.1, 0.15) is 0 Å². The van der Waals surface area contributed by atoms with Gasteiger partial charge in [-0.1, -0.05) is 6.07 Å². The Morgan fingerprint density at radius 3 is 3.00 bits per heavy atom. The van der Waals surface area contributed by atoms with E-state index in [1.807, 2.05) is 18.0 Å². The molecule has 0 spiro atoms. The van der Waals surface area contributed by atoms with Gasteiger partial charge in [0.15, 0.2) is 0 Å². The first-order valence-corrected chi connectivity index (χ1v) is 8.95. The maximum absolute atomic E-state index is 12.4. The minimum Gasteiger partial charge on any atom is -0.323 e. The molecule has 1 fully saturated rings. The van der Waals surface area contributed by atoms with Crippen LogP contribution in [0.4, 0.5) is 10.5 Å². The number of nitrogens with zero attached hydrogens (tertiary/aromatic N) is 4. The Morgan fingerprint density at radius 2 is 2.26 bits per heavy atom. The van der Waals surface area contributed by atoms with Crippen molar-refractivity contribution in [1.82, 2.24) is 19.6 Å². The molecule has 2 amide bonds. The molecular weight excluding hydrogens is 310 g/mol. The van der Waals surface area contributed by atoms with Crippen molar-refractivity contribution in [3.8, 4) is 0 Å². The van der Waals surface area contributed by atoms with Gasteiger partial charge in [0, 0.05) is 50.3 Å². The number of amides is 2. The van der Waals surface area contributed by atoms with Crippen molar-refractivity contribution in [2.75, 3.05) is 31.5 Å². The molecule has 1 N–H and O–H groups in total. The summed E-state index contributed by atoms with van der Waals surface area (Å²) >= 11 is 1.79. The molecule has 1 aliphatic rings. The molecule has 1 aliphatic heterocycles. The van der Waals surface area contributed by atoms with Gasteiger partial charge in [0.2, 0.25) is 0 Å². The first kappa shape index (κ1) is 16.0. The third-order valence-corrected chi connectivity index (χ3v) is 4.90. The molecule has 0 bridgehead atoms. The summed E-state index contributed by atoms with van der Waals surface area (Å²) in [7, 11) is 0. The van der Waals surface area contributed by atoms with Crippen molar-refractivity contribution < 1.29 is 4.79 Å². The third-order valence-electron chi connectivity index (χ3n) is 4.04. The first-order valence-electron chi connectivity index (χ1n) is 8.07. The summed E-state index contributed by atoms with van der Waals surface area (Å²) in [6.07, 6.45) is 4.56. The highest BCUT2D eigenvalue weighted by molar-refractivity contribution is 7.09. The molecule has 0 aromatic carbocycles. The summed E-state index contributed by atoms with van der Waals surface area (Å²) in [6, 6.07) is 4.23. The van der Waals surface area contributed by atoms with Crippen molar-refractivity contribution in [3.63, 3.8) is 0 Å². The largest absolute Gasteiger partial charge is 0.323 e. The Labute approximate surface area is 140 Å². The fraction of sp³-hybridized carbons (Fsp3) is 0.500. The molecule has 3 rings (SSSR count). The lowest BCUT2D eigenvalue weighted by Gasteiger charge is -2.21. The van der Waals surface area contributed by atoms with Crippen LogP contribution >= 0.6 is 11.3 Å². The van der Waals surface area contributed by atoms with Crippen LogP contribution in [0.5, 0.6) is 0 Å². The highest BCUT2D eigenvalue weighted by Crippen LogP contribution is 2.14. The highest BCUT2D eigenvalue weighted by atomic mass is 32.1. The second-order valence-corrected chi connectivity index (χ2v) is 6.74. The zero-order valence-electron chi connectivity index (χ0n) is 13.4. The van der Waals surface area contributed by atoms with E-state index < -0.39 is 0 Å². The monoisotopic (exact) mass is 333 g/mol. The van der Waals surface area contributed by atoms with E-state index in [0.29, 0.717) is 0 Å². The predicted molar refractivity (Wildman–Crippen MR) is 92.7 cm³/mol. The van der Waals surface area contributed by atoms with E-state index in [-0.39, 0.29) is 6.03 Å². The third kappa shape index (κ3) is 4.33. The lowest BCUT2D eigenvalue weighted by Crippen LogP contribution is -2.37. The molecule has 6 nitrogen and oxygen atoms in total. The molecule has 0 radical (unpaired) electrons. The number of anilines is 1. The fourth-order valence-electron chi connectivity index (χ4n) is 2.76. The topological polar surface area (TPSA) is 53.4 Å². The van der Waals surface area contributed by atoms with E-state index in [2.05, 4.69) is 32.8 Å². The number of urea groups is 1. The number of nitrogens with one attached hydrogen (secondary N) is 1. The van der Waals surface area contributed by atoms with Crippen molar-refractivity contribution in [1.29, 1.82) is 0 Å². The number of aromatic nitrogens is 2. The van der Waals surface area contributed by atoms with E-state index in [0.717, 1.165) is 51.4 Å². The molecule has 1 saturated heterocycles. The molecule has 2 aromatic rings. The number of carbonyl (C=O) groups excluding carboxylic acids is 1. The molecule has 0 aliphatic carbocycles. The normalized spacial score (nSPS) is 16.3. The standard InChI is InChI=1S/C16H23N5OS/c1-2-21-12-14(11-17-21)18-16(22)20-7-4-6-19(8-9-20)13-15-5-3-10-23-15/h3,5,10-12H,2,4,6-9,13H2,1H3,(H,18,22). The van der Waals surface area contributed by atoms with E-state index >= 15 is 0 Å². The lowest BCUT2D eigenvalue weighted by molar-refractivity contribution is 0.211. The second-order valence-electron chi connectivity index (χ2n) is 5.71. The van der Waals surface area contributed by atoms with Gasteiger partial charge in [-0.05, 0) is 24.8 Å². The molecule has 0 atom stereocenters. The lowest BCUT2D eigenvalue weighted by atomic mass is 10.3. The average molecular weight is 333 g/mol. The number of carbonyl (C=O) groups is 1. The highest BCUT2D eigenvalue weighted by Gasteiger charge is 2.19. The smallest absolute Gasteiger partial charge is 0.321 e. The molecular formula is C16H23N5OS. The van der Waals surface area contributed by atoms with E-state index in [4.69, 9.17) is 0 Å². The summed E-state index contributed by atoms with van der Waals surface area (Å²) in [5.41, 5.74) is 0.761. The van der Waals surface area contributed by atoms with Crippen LogP contribution in [0.3, 0.4) is 0 Å². The number of thiophene rings is 1. The van der Waals surface area contributed by atoms with Gasteiger partial charge >= 0.3 is 6.03 Å². The van der Waals surface area contributed by atoms with Crippen molar-refractivity contribution in [2.45, 2.75) is 26.4 Å². The van der Waals surface area contributed by atoms with Gasteiger partial charge in [-0.3, -0.25) is 9.58 Å². The summed E-state index contributed by atoms with van der Waals surface area (Å²) < 4.78 is 1.81. The van der Waals surface area contributed by atoms with Crippen LogP contribution in [-0.4, -0.2) is 51.8 Å². The fourth-order valence-corrected chi connectivity index (χ4v) is 3.50. The zero-order valence-corrected chi connectivity index (χ0v) is 14.3. The minimum absolute atomic E-state index is 0.0290. The quantitative estimate of drug-likeness (QED) is 0.936. The molecule has 23 heavy (non-hydrogen) atoms. The van der Waals surface area contributed by atoms with Gasteiger partial charge in [-0.25, -0.2) is 4.79 Å². The average Bonchev–Trinajstić information content (AvgIpc) is 3.16. The SMILES string of the molecule is CCn1cc(NC(=O)N2CCCN(Cc3cccs3)CC2)cn1. The van der Waals surface area contributed by atoms with Gasteiger partial charge < -0.3 is 10.2 Å². The summed E-state index contributed by atoms with van der Waals surface area (Å²) in [6.45, 7) is 7.33. The molecule has 3 heterocycles. The van der Waals surface area contributed by atoms with Crippen LogP contribution in [0.25, 0.3) is 0 Å². The number of hydrogen-bond acceptors (Lipinski definition) is 4. The molecule has 2 aromatic heterocycles. The predicted octanol–water partition coefficient (Wildman–Crippen LogP) is 2.70. The Bertz CT molecular complexity index is 624. The van der Waals surface area contributed by atoms with Crippen LogP contribution in [0.2, 0.25) is 0 Å². The Hall–Kier alpha value is -1.86. The Balaban J connectivity index is 1.51. The first-order chi connectivity index (χ1) is 11.2. The van der Waals surface area contributed by atoms with Crippen LogP contribution in [0.1, 0.15) is 18.2 Å². The van der Waals surface area contributed by atoms with Crippen LogP contribution in [-0.2, 0) is 13.1 Å². The van der Waals surface area contributed by atoms with Crippen LogP contribution < -0.4 is 5.32 Å². The molecule has 124 valence electrons. The van der Waals surface area contributed by atoms with E-state index in [1.54, 1.807) is 22.2 Å². The number of hydrogen-bond donors (Lipinski definition) is 1. The van der Waals surface area contributed by atoms with E-state index in [9.17, 15) is 4.79 Å². The Kier molecular flexibility index (Phi) is 5.30. The minimum atomic E-state index is -0.0290. The van der Waals surface area contributed by atoms with Crippen molar-refractivity contribution >= 4 is 23.1 Å².